The predicted molar refractivity (Wildman–Crippen MR) is 106 cm³/mol. The zero-order chi connectivity index (χ0) is 19.6. The van der Waals surface area contributed by atoms with Crippen LogP contribution >= 0.6 is 0 Å². The molecule has 0 aliphatic rings. The van der Waals surface area contributed by atoms with Crippen LogP contribution in [-0.4, -0.2) is 25.0 Å². The van der Waals surface area contributed by atoms with E-state index in [1.54, 1.807) is 31.4 Å². The smallest absolute Gasteiger partial charge is 0.251 e. The largest absolute Gasteiger partial charge is 0.380 e. The number of methoxy groups -OCH3 is 1. The van der Waals surface area contributed by atoms with E-state index in [9.17, 15) is 9.59 Å². The Morgan fingerprint density at radius 2 is 1.74 bits per heavy atom. The molecule has 0 aliphatic carbocycles. The first-order chi connectivity index (χ1) is 13.0. The first-order valence-electron chi connectivity index (χ1n) is 9.25. The number of carbonyl (C=O) groups excluding carboxylic acids is 2. The molecule has 0 radical (unpaired) electrons. The van der Waals surface area contributed by atoms with Crippen LogP contribution in [0.2, 0.25) is 0 Å². The lowest BCUT2D eigenvalue weighted by Crippen LogP contribution is -2.50. The molecule has 0 heterocycles. The lowest BCUT2D eigenvalue weighted by molar-refractivity contribution is -0.124. The molecule has 0 saturated carbocycles. The van der Waals surface area contributed by atoms with Crippen molar-refractivity contribution in [3.8, 4) is 0 Å². The molecule has 2 aromatic rings. The van der Waals surface area contributed by atoms with Gasteiger partial charge in [0.2, 0.25) is 5.91 Å². The molecule has 0 bridgehead atoms. The standard InChI is InChI=1S/C22H28N2O3/c1-4-16(2)20(24-21(25)19-11-6-5-7-12-19)22(26)23-14-17-9-8-10-18(13-17)15-27-3/h5-13,16,20H,4,14-15H2,1-3H3,(H,23,26)(H,24,25). The van der Waals surface area contributed by atoms with E-state index in [0.29, 0.717) is 18.7 Å². The topological polar surface area (TPSA) is 67.4 Å². The second kappa shape index (κ2) is 10.5. The number of hydrogen-bond donors (Lipinski definition) is 2. The van der Waals surface area contributed by atoms with Crippen molar-refractivity contribution in [2.75, 3.05) is 7.11 Å². The summed E-state index contributed by atoms with van der Waals surface area (Å²) < 4.78 is 5.14. The fourth-order valence-corrected chi connectivity index (χ4v) is 2.81. The Labute approximate surface area is 161 Å². The van der Waals surface area contributed by atoms with Gasteiger partial charge in [0.05, 0.1) is 6.61 Å². The van der Waals surface area contributed by atoms with Gasteiger partial charge >= 0.3 is 0 Å². The van der Waals surface area contributed by atoms with Gasteiger partial charge in [-0.2, -0.15) is 0 Å². The van der Waals surface area contributed by atoms with E-state index >= 15 is 0 Å². The third-order valence-electron chi connectivity index (χ3n) is 4.59. The van der Waals surface area contributed by atoms with Crippen molar-refractivity contribution in [1.82, 2.24) is 10.6 Å². The lowest BCUT2D eigenvalue weighted by Gasteiger charge is -2.23. The molecule has 2 amide bonds. The van der Waals surface area contributed by atoms with E-state index in [-0.39, 0.29) is 17.7 Å². The number of amides is 2. The first-order valence-corrected chi connectivity index (χ1v) is 9.25. The van der Waals surface area contributed by atoms with Gasteiger partial charge in [-0.05, 0) is 29.2 Å². The second-order valence-corrected chi connectivity index (χ2v) is 6.67. The highest BCUT2D eigenvalue weighted by atomic mass is 16.5. The highest BCUT2D eigenvalue weighted by Gasteiger charge is 2.26. The van der Waals surface area contributed by atoms with Gasteiger partial charge in [-0.1, -0.05) is 62.7 Å². The summed E-state index contributed by atoms with van der Waals surface area (Å²) in [6, 6.07) is 16.3. The molecule has 2 unspecified atom stereocenters. The third kappa shape index (κ3) is 6.22. The fraction of sp³-hybridized carbons (Fsp3) is 0.364. The number of hydrogen-bond acceptors (Lipinski definition) is 3. The monoisotopic (exact) mass is 368 g/mol. The lowest BCUT2D eigenvalue weighted by atomic mass is 9.97. The fourth-order valence-electron chi connectivity index (χ4n) is 2.81. The van der Waals surface area contributed by atoms with Gasteiger partial charge in [0.1, 0.15) is 6.04 Å². The van der Waals surface area contributed by atoms with Gasteiger partial charge in [-0.15, -0.1) is 0 Å². The third-order valence-corrected chi connectivity index (χ3v) is 4.59. The van der Waals surface area contributed by atoms with E-state index in [2.05, 4.69) is 10.6 Å². The Kier molecular flexibility index (Phi) is 8.01. The molecule has 0 spiro atoms. The van der Waals surface area contributed by atoms with Crippen LogP contribution in [-0.2, 0) is 22.7 Å². The molecule has 144 valence electrons. The van der Waals surface area contributed by atoms with E-state index < -0.39 is 6.04 Å². The predicted octanol–water partition coefficient (Wildman–Crippen LogP) is 3.29. The second-order valence-electron chi connectivity index (χ2n) is 6.67. The summed E-state index contributed by atoms with van der Waals surface area (Å²) in [4.78, 5) is 25.2. The van der Waals surface area contributed by atoms with Crippen LogP contribution in [0.3, 0.4) is 0 Å². The van der Waals surface area contributed by atoms with Crippen molar-refractivity contribution >= 4 is 11.8 Å². The Morgan fingerprint density at radius 1 is 1.04 bits per heavy atom. The Balaban J connectivity index is 2.02. The van der Waals surface area contributed by atoms with Crippen LogP contribution in [0.15, 0.2) is 54.6 Å². The van der Waals surface area contributed by atoms with E-state index in [0.717, 1.165) is 17.5 Å². The van der Waals surface area contributed by atoms with Gasteiger partial charge < -0.3 is 15.4 Å². The van der Waals surface area contributed by atoms with Crippen LogP contribution in [0, 0.1) is 5.92 Å². The maximum atomic E-state index is 12.7. The molecule has 2 atom stereocenters. The summed E-state index contributed by atoms with van der Waals surface area (Å²) in [5, 5.41) is 5.83. The number of carbonyl (C=O) groups is 2. The van der Waals surface area contributed by atoms with Crippen molar-refractivity contribution < 1.29 is 14.3 Å². The summed E-state index contributed by atoms with van der Waals surface area (Å²) in [5.74, 6) is -0.388. The summed E-state index contributed by atoms with van der Waals surface area (Å²) in [6.45, 7) is 4.91. The van der Waals surface area contributed by atoms with Crippen LogP contribution in [0.5, 0.6) is 0 Å². The van der Waals surface area contributed by atoms with E-state index in [4.69, 9.17) is 4.74 Å². The van der Waals surface area contributed by atoms with Crippen molar-refractivity contribution in [2.24, 2.45) is 5.92 Å². The van der Waals surface area contributed by atoms with Crippen LogP contribution < -0.4 is 10.6 Å². The molecule has 0 aromatic heterocycles. The van der Waals surface area contributed by atoms with Gasteiger partial charge in [0, 0.05) is 19.2 Å². The van der Waals surface area contributed by atoms with Crippen molar-refractivity contribution in [2.45, 2.75) is 39.5 Å². The summed E-state index contributed by atoms with van der Waals surface area (Å²) in [7, 11) is 1.65. The molecule has 0 aliphatic heterocycles. The summed E-state index contributed by atoms with van der Waals surface area (Å²) in [5.41, 5.74) is 2.60. The molecule has 5 nitrogen and oxygen atoms in total. The molecule has 5 heteroatoms. The molecule has 0 fully saturated rings. The van der Waals surface area contributed by atoms with Gasteiger partial charge in [-0.25, -0.2) is 0 Å². The average Bonchev–Trinajstić information content (AvgIpc) is 2.70. The van der Waals surface area contributed by atoms with Crippen LogP contribution in [0.4, 0.5) is 0 Å². The van der Waals surface area contributed by atoms with Gasteiger partial charge in [0.15, 0.2) is 0 Å². The summed E-state index contributed by atoms with van der Waals surface area (Å²) in [6.07, 6.45) is 0.788. The highest BCUT2D eigenvalue weighted by molar-refractivity contribution is 5.97. The van der Waals surface area contributed by atoms with Crippen molar-refractivity contribution in [3.05, 3.63) is 71.3 Å². The molecule has 27 heavy (non-hydrogen) atoms. The zero-order valence-corrected chi connectivity index (χ0v) is 16.2. The Bertz CT molecular complexity index is 746. The minimum atomic E-state index is -0.579. The molecule has 0 saturated heterocycles. The number of benzene rings is 2. The highest BCUT2D eigenvalue weighted by Crippen LogP contribution is 2.11. The van der Waals surface area contributed by atoms with Crippen molar-refractivity contribution in [3.63, 3.8) is 0 Å². The number of rotatable bonds is 9. The van der Waals surface area contributed by atoms with Crippen LogP contribution in [0.1, 0.15) is 41.8 Å². The maximum absolute atomic E-state index is 12.7. The maximum Gasteiger partial charge on any atom is 0.251 e. The minimum absolute atomic E-state index is 0.0255. The van der Waals surface area contributed by atoms with Crippen molar-refractivity contribution in [1.29, 1.82) is 0 Å². The first kappa shape index (κ1) is 20.6. The SMILES string of the molecule is CCC(C)C(NC(=O)c1ccccc1)C(=O)NCc1cccc(COC)c1. The minimum Gasteiger partial charge on any atom is -0.380 e. The molecule has 2 rings (SSSR count). The van der Waals surface area contributed by atoms with Gasteiger partial charge in [0.25, 0.3) is 5.91 Å². The van der Waals surface area contributed by atoms with E-state index in [1.165, 1.54) is 0 Å². The number of ether oxygens (including phenoxy) is 1. The molecule has 2 N–H and O–H groups in total. The number of nitrogens with one attached hydrogen (secondary N) is 2. The van der Waals surface area contributed by atoms with Crippen LogP contribution in [0.25, 0.3) is 0 Å². The average molecular weight is 368 g/mol. The van der Waals surface area contributed by atoms with E-state index in [1.807, 2.05) is 44.2 Å². The molecular weight excluding hydrogens is 340 g/mol. The summed E-state index contributed by atoms with van der Waals surface area (Å²) >= 11 is 0. The Morgan fingerprint density at radius 3 is 2.41 bits per heavy atom. The quantitative estimate of drug-likeness (QED) is 0.714. The molecule has 2 aromatic carbocycles. The zero-order valence-electron chi connectivity index (χ0n) is 16.2. The molecular formula is C22H28N2O3. The van der Waals surface area contributed by atoms with Gasteiger partial charge in [-0.3, -0.25) is 9.59 Å². The Hall–Kier alpha value is -2.66. The normalized spacial score (nSPS) is 12.9.